The average Bonchev–Trinajstić information content (AvgIpc) is 3.18. The molecule has 7 N–H and O–H groups in total. The molecule has 3 amide bonds. The van der Waals surface area contributed by atoms with Crippen molar-refractivity contribution in [1.82, 2.24) is 15.5 Å². The van der Waals surface area contributed by atoms with Gasteiger partial charge >= 0.3 is 5.97 Å². The van der Waals surface area contributed by atoms with E-state index in [4.69, 9.17) is 11.5 Å². The zero-order valence-electron chi connectivity index (χ0n) is 17.7. The summed E-state index contributed by atoms with van der Waals surface area (Å²) in [5.41, 5.74) is 11.5. The van der Waals surface area contributed by atoms with E-state index < -0.39 is 42.0 Å². The summed E-state index contributed by atoms with van der Waals surface area (Å²) in [6.45, 7) is 4.30. The molecule has 0 aromatic carbocycles. The van der Waals surface area contributed by atoms with Gasteiger partial charge in [-0.3, -0.25) is 14.4 Å². The van der Waals surface area contributed by atoms with Crippen molar-refractivity contribution in [3.8, 4) is 0 Å². The highest BCUT2D eigenvalue weighted by Crippen LogP contribution is 2.19. The minimum absolute atomic E-state index is 0.0126. The fourth-order valence-corrected chi connectivity index (χ4v) is 3.63. The Morgan fingerprint density at radius 1 is 1.20 bits per heavy atom. The van der Waals surface area contributed by atoms with Crippen LogP contribution >= 0.6 is 12.6 Å². The molecule has 0 spiro atoms. The van der Waals surface area contributed by atoms with Gasteiger partial charge in [0.1, 0.15) is 18.1 Å². The topological polar surface area (TPSA) is 168 Å². The van der Waals surface area contributed by atoms with Crippen LogP contribution in [0.5, 0.6) is 0 Å². The molecule has 1 saturated heterocycles. The summed E-state index contributed by atoms with van der Waals surface area (Å²) in [7, 11) is 0. The molecule has 4 atom stereocenters. The van der Waals surface area contributed by atoms with E-state index in [1.807, 2.05) is 0 Å². The van der Waals surface area contributed by atoms with Crippen molar-refractivity contribution in [2.24, 2.45) is 17.4 Å². The predicted octanol–water partition coefficient (Wildman–Crippen LogP) is -0.926. The molecule has 1 fully saturated rings. The molecular formula is C19H35N5O5S. The number of unbranched alkanes of at least 4 members (excludes halogenated alkanes) is 1. The number of nitrogens with zero attached hydrogens (tertiary/aromatic N) is 1. The number of hydrogen-bond donors (Lipinski definition) is 6. The van der Waals surface area contributed by atoms with Gasteiger partial charge in [-0.25, -0.2) is 4.79 Å². The predicted molar refractivity (Wildman–Crippen MR) is 116 cm³/mol. The number of thiol groups is 1. The maximum absolute atomic E-state index is 12.8. The molecule has 30 heavy (non-hydrogen) atoms. The Morgan fingerprint density at radius 3 is 2.40 bits per heavy atom. The summed E-state index contributed by atoms with van der Waals surface area (Å²) in [5, 5.41) is 14.3. The highest BCUT2D eigenvalue weighted by atomic mass is 32.1. The van der Waals surface area contributed by atoms with Crippen LogP contribution in [0, 0.1) is 5.92 Å². The van der Waals surface area contributed by atoms with Crippen LogP contribution in [0.4, 0.5) is 0 Å². The van der Waals surface area contributed by atoms with Crippen molar-refractivity contribution in [3.63, 3.8) is 0 Å². The van der Waals surface area contributed by atoms with Gasteiger partial charge in [0.05, 0.1) is 6.04 Å². The van der Waals surface area contributed by atoms with Crippen molar-refractivity contribution in [2.75, 3.05) is 18.8 Å². The molecule has 1 rings (SSSR count). The summed E-state index contributed by atoms with van der Waals surface area (Å²) >= 11 is 4.11. The number of nitrogens with one attached hydrogen (secondary N) is 2. The molecule has 10 nitrogen and oxygen atoms in total. The lowest BCUT2D eigenvalue weighted by molar-refractivity contribution is -0.144. The largest absolute Gasteiger partial charge is 0.480 e. The number of carbonyl (C=O) groups excluding carboxylic acids is 3. The van der Waals surface area contributed by atoms with Crippen molar-refractivity contribution in [2.45, 2.75) is 70.1 Å². The van der Waals surface area contributed by atoms with Gasteiger partial charge in [0.15, 0.2) is 0 Å². The van der Waals surface area contributed by atoms with Gasteiger partial charge in [-0.05, 0) is 38.1 Å². The zero-order chi connectivity index (χ0) is 22.8. The molecule has 0 radical (unpaired) electrons. The standard InChI is InChI=1S/C19H35N5O5S/c1-11(2)15(19(28)29)23-16(25)13(10-30)22-17(26)14-7-5-9-24(14)18(27)12(21)6-3-4-8-20/h11-15,30H,3-10,20-21H2,1-2H3,(H,22,26)(H,23,25)(H,28,29). The van der Waals surface area contributed by atoms with Crippen LogP contribution in [0.25, 0.3) is 0 Å². The summed E-state index contributed by atoms with van der Waals surface area (Å²) < 4.78 is 0. The SMILES string of the molecule is CC(C)C(NC(=O)C(CS)NC(=O)C1CCCN1C(=O)C(N)CCCCN)C(=O)O. The van der Waals surface area contributed by atoms with E-state index in [1.165, 1.54) is 4.90 Å². The maximum Gasteiger partial charge on any atom is 0.326 e. The Hall–Kier alpha value is -1.85. The molecular weight excluding hydrogens is 410 g/mol. The molecule has 0 bridgehead atoms. The number of carboxylic acids is 1. The smallest absolute Gasteiger partial charge is 0.326 e. The Labute approximate surface area is 182 Å². The van der Waals surface area contributed by atoms with Crippen LogP contribution in [-0.4, -0.2) is 76.7 Å². The highest BCUT2D eigenvalue weighted by Gasteiger charge is 2.37. The molecule has 0 aromatic rings. The minimum Gasteiger partial charge on any atom is -0.480 e. The van der Waals surface area contributed by atoms with Crippen LogP contribution in [0.1, 0.15) is 46.0 Å². The zero-order valence-corrected chi connectivity index (χ0v) is 18.6. The number of hydrogen-bond acceptors (Lipinski definition) is 7. The number of carbonyl (C=O) groups is 4. The second kappa shape index (κ2) is 12.8. The van der Waals surface area contributed by atoms with Crippen LogP contribution in [0.3, 0.4) is 0 Å². The number of aliphatic carboxylic acids is 1. The monoisotopic (exact) mass is 445 g/mol. The second-order valence-corrected chi connectivity index (χ2v) is 8.26. The average molecular weight is 446 g/mol. The first-order chi connectivity index (χ1) is 14.1. The van der Waals surface area contributed by atoms with Gasteiger partial charge in [0, 0.05) is 12.3 Å². The number of likely N-dealkylation sites (tertiary alicyclic amines) is 1. The van der Waals surface area contributed by atoms with Crippen molar-refractivity contribution in [3.05, 3.63) is 0 Å². The Kier molecular flexibility index (Phi) is 11.1. The number of rotatable bonds is 12. The lowest BCUT2D eigenvalue weighted by atomic mass is 10.0. The van der Waals surface area contributed by atoms with E-state index in [0.717, 1.165) is 12.8 Å². The summed E-state index contributed by atoms with van der Waals surface area (Å²) in [6, 6.07) is -3.50. The summed E-state index contributed by atoms with van der Waals surface area (Å²) in [5.74, 6) is -2.89. The minimum atomic E-state index is -1.15. The Bertz CT molecular complexity index is 618. The number of nitrogens with two attached hydrogens (primary N) is 2. The third-order valence-electron chi connectivity index (χ3n) is 5.17. The van der Waals surface area contributed by atoms with Gasteiger partial charge in [0.2, 0.25) is 17.7 Å². The molecule has 1 aliphatic rings. The molecule has 1 heterocycles. The fourth-order valence-electron chi connectivity index (χ4n) is 3.38. The molecule has 0 saturated carbocycles. The summed E-state index contributed by atoms with van der Waals surface area (Å²) in [6.07, 6.45) is 3.13. The third kappa shape index (κ3) is 7.44. The lowest BCUT2D eigenvalue weighted by Crippen LogP contribution is -2.57. The van der Waals surface area contributed by atoms with Crippen LogP contribution in [0.2, 0.25) is 0 Å². The fraction of sp³-hybridized carbons (Fsp3) is 0.789. The van der Waals surface area contributed by atoms with Gasteiger partial charge in [-0.15, -0.1) is 0 Å². The van der Waals surface area contributed by atoms with E-state index >= 15 is 0 Å². The third-order valence-corrected chi connectivity index (χ3v) is 5.54. The van der Waals surface area contributed by atoms with Crippen LogP contribution < -0.4 is 22.1 Å². The first-order valence-corrected chi connectivity index (χ1v) is 11.0. The highest BCUT2D eigenvalue weighted by molar-refractivity contribution is 7.80. The normalized spacial score (nSPS) is 19.3. The quantitative estimate of drug-likeness (QED) is 0.167. The van der Waals surface area contributed by atoms with Gasteiger partial charge < -0.3 is 32.1 Å². The molecule has 172 valence electrons. The van der Waals surface area contributed by atoms with Gasteiger partial charge in [0.25, 0.3) is 0 Å². The second-order valence-electron chi connectivity index (χ2n) is 7.89. The van der Waals surface area contributed by atoms with Crippen LogP contribution in [-0.2, 0) is 19.2 Å². The molecule has 11 heteroatoms. The van der Waals surface area contributed by atoms with E-state index in [2.05, 4.69) is 23.3 Å². The maximum atomic E-state index is 12.8. The Morgan fingerprint density at radius 2 is 1.87 bits per heavy atom. The van der Waals surface area contributed by atoms with E-state index in [9.17, 15) is 24.3 Å². The number of amides is 3. The van der Waals surface area contributed by atoms with Crippen LogP contribution in [0.15, 0.2) is 0 Å². The molecule has 0 aromatic heterocycles. The first kappa shape index (κ1) is 26.2. The van der Waals surface area contributed by atoms with Crippen molar-refractivity contribution >= 4 is 36.3 Å². The molecule has 0 aliphatic carbocycles. The first-order valence-electron chi connectivity index (χ1n) is 10.3. The molecule has 1 aliphatic heterocycles. The number of carboxylic acid groups (broad SMARTS) is 1. The lowest BCUT2D eigenvalue weighted by Gasteiger charge is -2.28. The summed E-state index contributed by atoms with van der Waals surface area (Å²) in [4.78, 5) is 50.7. The van der Waals surface area contributed by atoms with E-state index in [1.54, 1.807) is 13.8 Å². The molecule has 4 unspecified atom stereocenters. The van der Waals surface area contributed by atoms with Gasteiger partial charge in [-0.1, -0.05) is 20.3 Å². The van der Waals surface area contributed by atoms with Gasteiger partial charge in [-0.2, -0.15) is 12.6 Å². The van der Waals surface area contributed by atoms with Crippen molar-refractivity contribution < 1.29 is 24.3 Å². The van der Waals surface area contributed by atoms with E-state index in [0.29, 0.717) is 32.4 Å². The Balaban J connectivity index is 2.74. The van der Waals surface area contributed by atoms with E-state index in [-0.39, 0.29) is 17.6 Å². The van der Waals surface area contributed by atoms with Crippen molar-refractivity contribution in [1.29, 1.82) is 0 Å².